The van der Waals surface area contributed by atoms with Crippen LogP contribution < -0.4 is 5.73 Å². The monoisotopic (exact) mass is 222 g/mol. The lowest BCUT2D eigenvalue weighted by atomic mass is 10.2. The van der Waals surface area contributed by atoms with Crippen molar-refractivity contribution in [2.24, 2.45) is 0 Å². The highest BCUT2D eigenvalue weighted by atomic mass is 16.5. The first-order valence-corrected chi connectivity index (χ1v) is 5.95. The summed E-state index contributed by atoms with van der Waals surface area (Å²) in [5, 5.41) is 4.19. The molecule has 0 aromatic carbocycles. The molecule has 0 unspecified atom stereocenters. The zero-order chi connectivity index (χ0) is 11.0. The lowest BCUT2D eigenvalue weighted by Crippen LogP contribution is -2.45. The Kier molecular flexibility index (Phi) is 2.57. The van der Waals surface area contributed by atoms with Crippen LogP contribution in [0.5, 0.6) is 0 Å². The van der Waals surface area contributed by atoms with E-state index in [1.165, 1.54) is 12.8 Å². The Morgan fingerprint density at radius 2 is 2.38 bits per heavy atom. The average molecular weight is 222 g/mol. The predicted molar refractivity (Wildman–Crippen MR) is 61.0 cm³/mol. The smallest absolute Gasteiger partial charge is 0.0898 e. The van der Waals surface area contributed by atoms with Gasteiger partial charge in [0, 0.05) is 25.3 Å². The summed E-state index contributed by atoms with van der Waals surface area (Å²) in [6, 6.07) is 0.828. The average Bonchev–Trinajstić information content (AvgIpc) is 3.05. The third-order valence-corrected chi connectivity index (χ3v) is 3.28. The molecule has 0 bridgehead atoms. The van der Waals surface area contributed by atoms with E-state index in [2.05, 4.69) is 10.00 Å². The summed E-state index contributed by atoms with van der Waals surface area (Å²) in [5.41, 5.74) is 6.35. The van der Waals surface area contributed by atoms with Gasteiger partial charge in [-0.2, -0.15) is 5.10 Å². The van der Waals surface area contributed by atoms with Crippen LogP contribution in [0.15, 0.2) is 12.4 Å². The van der Waals surface area contributed by atoms with E-state index in [1.54, 1.807) is 6.20 Å². The normalized spacial score (nSPS) is 27.1. The fraction of sp³-hybridized carbons (Fsp3) is 0.727. The number of morpholine rings is 1. The van der Waals surface area contributed by atoms with Crippen LogP contribution in [0.2, 0.25) is 0 Å². The first-order valence-electron chi connectivity index (χ1n) is 5.95. The molecular formula is C11H18N4O. The minimum Gasteiger partial charge on any atom is -0.396 e. The maximum Gasteiger partial charge on any atom is 0.0898 e. The highest BCUT2D eigenvalue weighted by molar-refractivity contribution is 5.30. The van der Waals surface area contributed by atoms with E-state index in [0.717, 1.165) is 38.0 Å². The third kappa shape index (κ3) is 2.20. The molecule has 2 fully saturated rings. The van der Waals surface area contributed by atoms with Crippen molar-refractivity contribution >= 4 is 5.69 Å². The van der Waals surface area contributed by atoms with Crippen molar-refractivity contribution in [3.63, 3.8) is 0 Å². The molecule has 2 N–H and O–H groups in total. The molecule has 0 spiro atoms. The molecule has 0 amide bonds. The molecule has 2 heterocycles. The first kappa shape index (κ1) is 10.1. The standard InChI is InChI=1S/C11H18N4O/c12-9-5-13-15(6-9)8-11-7-14(3-4-16-11)10-1-2-10/h5-6,10-11H,1-4,7-8,12H2/t11-/m0/s1. The summed E-state index contributed by atoms with van der Waals surface area (Å²) < 4.78 is 7.63. The van der Waals surface area contributed by atoms with Gasteiger partial charge in [-0.3, -0.25) is 9.58 Å². The fourth-order valence-electron chi connectivity index (χ4n) is 2.31. The number of nitrogens with two attached hydrogens (primary N) is 1. The van der Waals surface area contributed by atoms with Crippen LogP contribution in [0.1, 0.15) is 12.8 Å². The SMILES string of the molecule is Nc1cnn(C[C@@H]2CN(C3CC3)CCO2)c1. The summed E-state index contributed by atoms with van der Waals surface area (Å²) in [6.07, 6.45) is 6.53. The van der Waals surface area contributed by atoms with Gasteiger partial charge in [0.25, 0.3) is 0 Å². The van der Waals surface area contributed by atoms with Crippen LogP contribution in [0.4, 0.5) is 5.69 Å². The zero-order valence-electron chi connectivity index (χ0n) is 9.38. The molecule has 1 aliphatic heterocycles. The Morgan fingerprint density at radius 3 is 3.06 bits per heavy atom. The van der Waals surface area contributed by atoms with Gasteiger partial charge in [0.2, 0.25) is 0 Å². The summed E-state index contributed by atoms with van der Waals surface area (Å²) in [4.78, 5) is 2.54. The van der Waals surface area contributed by atoms with E-state index in [0.29, 0.717) is 0 Å². The quantitative estimate of drug-likeness (QED) is 0.800. The molecule has 5 nitrogen and oxygen atoms in total. The molecular weight excluding hydrogens is 204 g/mol. The van der Waals surface area contributed by atoms with Gasteiger partial charge in [-0.05, 0) is 12.8 Å². The van der Waals surface area contributed by atoms with E-state index in [9.17, 15) is 0 Å². The Morgan fingerprint density at radius 1 is 1.50 bits per heavy atom. The highest BCUT2D eigenvalue weighted by Crippen LogP contribution is 2.28. The second-order valence-corrected chi connectivity index (χ2v) is 4.71. The summed E-state index contributed by atoms with van der Waals surface area (Å²) in [6.45, 7) is 3.77. The lowest BCUT2D eigenvalue weighted by molar-refractivity contribution is -0.0403. The number of rotatable bonds is 3. The van der Waals surface area contributed by atoms with Gasteiger partial charge >= 0.3 is 0 Å². The maximum atomic E-state index is 5.76. The Bertz CT molecular complexity index is 361. The Labute approximate surface area is 95.2 Å². The maximum absolute atomic E-state index is 5.76. The van der Waals surface area contributed by atoms with Crippen LogP contribution >= 0.6 is 0 Å². The highest BCUT2D eigenvalue weighted by Gasteiger charge is 2.32. The van der Waals surface area contributed by atoms with E-state index >= 15 is 0 Å². The molecule has 16 heavy (non-hydrogen) atoms. The molecule has 1 aromatic heterocycles. The second kappa shape index (κ2) is 4.07. The number of hydrogen-bond donors (Lipinski definition) is 1. The molecule has 0 radical (unpaired) electrons. The van der Waals surface area contributed by atoms with Gasteiger partial charge in [-0.1, -0.05) is 0 Å². The molecule has 88 valence electrons. The van der Waals surface area contributed by atoms with Crippen molar-refractivity contribution in [1.82, 2.24) is 14.7 Å². The second-order valence-electron chi connectivity index (χ2n) is 4.71. The van der Waals surface area contributed by atoms with E-state index in [-0.39, 0.29) is 6.10 Å². The van der Waals surface area contributed by atoms with Crippen molar-refractivity contribution < 1.29 is 4.74 Å². The fourth-order valence-corrected chi connectivity index (χ4v) is 2.31. The van der Waals surface area contributed by atoms with Gasteiger partial charge < -0.3 is 10.5 Å². The third-order valence-electron chi connectivity index (χ3n) is 3.28. The summed E-state index contributed by atoms with van der Waals surface area (Å²) in [7, 11) is 0. The minimum absolute atomic E-state index is 0.258. The Balaban J connectivity index is 1.57. The molecule has 2 aliphatic rings. The van der Waals surface area contributed by atoms with Gasteiger partial charge in [-0.15, -0.1) is 0 Å². The van der Waals surface area contributed by atoms with E-state index in [4.69, 9.17) is 10.5 Å². The van der Waals surface area contributed by atoms with Crippen molar-refractivity contribution in [2.45, 2.75) is 31.5 Å². The molecule has 5 heteroatoms. The van der Waals surface area contributed by atoms with Gasteiger partial charge in [0.15, 0.2) is 0 Å². The minimum atomic E-state index is 0.258. The molecule has 1 atom stereocenters. The lowest BCUT2D eigenvalue weighted by Gasteiger charge is -2.32. The van der Waals surface area contributed by atoms with Crippen molar-refractivity contribution in [3.05, 3.63) is 12.4 Å². The van der Waals surface area contributed by atoms with Crippen LogP contribution in [-0.2, 0) is 11.3 Å². The van der Waals surface area contributed by atoms with E-state index in [1.807, 2.05) is 10.9 Å². The van der Waals surface area contributed by atoms with Gasteiger partial charge in [0.1, 0.15) is 0 Å². The first-order chi connectivity index (χ1) is 7.81. The van der Waals surface area contributed by atoms with Crippen molar-refractivity contribution in [3.8, 4) is 0 Å². The topological polar surface area (TPSA) is 56.3 Å². The van der Waals surface area contributed by atoms with Crippen LogP contribution in [0, 0.1) is 0 Å². The molecule has 3 rings (SSSR count). The number of ether oxygens (including phenoxy) is 1. The predicted octanol–water partition coefficient (Wildman–Crippen LogP) is 0.328. The molecule has 1 aliphatic carbocycles. The number of aromatic nitrogens is 2. The van der Waals surface area contributed by atoms with Crippen LogP contribution in [0.25, 0.3) is 0 Å². The van der Waals surface area contributed by atoms with E-state index < -0.39 is 0 Å². The number of nitrogens with zero attached hydrogens (tertiary/aromatic N) is 3. The summed E-state index contributed by atoms with van der Waals surface area (Å²) in [5.74, 6) is 0. The van der Waals surface area contributed by atoms with Crippen molar-refractivity contribution in [1.29, 1.82) is 0 Å². The number of hydrogen-bond acceptors (Lipinski definition) is 4. The van der Waals surface area contributed by atoms with Gasteiger partial charge in [-0.25, -0.2) is 0 Å². The molecule has 1 saturated carbocycles. The molecule has 1 saturated heterocycles. The number of nitrogen functional groups attached to an aromatic ring is 1. The van der Waals surface area contributed by atoms with Crippen LogP contribution in [0.3, 0.4) is 0 Å². The number of anilines is 1. The summed E-state index contributed by atoms with van der Waals surface area (Å²) >= 11 is 0. The largest absolute Gasteiger partial charge is 0.396 e. The zero-order valence-corrected chi connectivity index (χ0v) is 9.38. The van der Waals surface area contributed by atoms with Crippen LogP contribution in [-0.4, -0.2) is 46.5 Å². The molecule has 1 aromatic rings. The van der Waals surface area contributed by atoms with Gasteiger partial charge in [0.05, 0.1) is 31.1 Å². The Hall–Kier alpha value is -1.07. The van der Waals surface area contributed by atoms with Crippen molar-refractivity contribution in [2.75, 3.05) is 25.4 Å².